The number of alkyl halides is 3. The normalized spacial score (nSPS) is 14.3. The molecule has 0 spiro atoms. The van der Waals surface area contributed by atoms with Crippen LogP contribution in [0.15, 0.2) is 79.5 Å². The molecule has 1 fully saturated rings. The number of halogens is 3. The van der Waals surface area contributed by atoms with E-state index in [1.54, 1.807) is 35.3 Å². The zero-order chi connectivity index (χ0) is 26.7. The van der Waals surface area contributed by atoms with Crippen LogP contribution in [0.3, 0.4) is 0 Å². The van der Waals surface area contributed by atoms with Crippen LogP contribution in [0.25, 0.3) is 5.69 Å². The van der Waals surface area contributed by atoms with Crippen molar-refractivity contribution in [1.82, 2.24) is 24.6 Å². The molecule has 1 N–H and O–H groups in total. The number of nitrogens with one attached hydrogen (secondary N) is 1. The number of pyridine rings is 1. The molecular formula is C27H23F3N6O2. The van der Waals surface area contributed by atoms with Crippen LogP contribution >= 0.6 is 0 Å². The van der Waals surface area contributed by atoms with Crippen LogP contribution in [-0.2, 0) is 6.18 Å². The number of aromatic nitrogens is 4. The number of hydrogen-bond donors (Lipinski definition) is 1. The summed E-state index contributed by atoms with van der Waals surface area (Å²) in [6.07, 6.45) is 0.997. The lowest BCUT2D eigenvalue weighted by Crippen LogP contribution is -2.37. The molecule has 0 unspecified atom stereocenters. The molecule has 2 aromatic heterocycles. The number of nitrogens with zero attached hydrogens (tertiary/aromatic N) is 5. The van der Waals surface area contributed by atoms with Crippen LogP contribution in [0.1, 0.15) is 50.7 Å². The summed E-state index contributed by atoms with van der Waals surface area (Å²) in [5.74, 6) is -0.509. The van der Waals surface area contributed by atoms with E-state index in [4.69, 9.17) is 0 Å². The molecule has 0 bridgehead atoms. The molecule has 8 nitrogen and oxygen atoms in total. The largest absolute Gasteiger partial charge is 0.416 e. The third kappa shape index (κ3) is 5.56. The summed E-state index contributed by atoms with van der Waals surface area (Å²) in [5, 5.41) is 6.70. The van der Waals surface area contributed by atoms with Crippen molar-refractivity contribution in [3.63, 3.8) is 0 Å². The molecule has 1 saturated heterocycles. The highest BCUT2D eigenvalue weighted by Crippen LogP contribution is 2.31. The van der Waals surface area contributed by atoms with Crippen molar-refractivity contribution in [2.24, 2.45) is 0 Å². The Hall–Kier alpha value is -4.54. The molecule has 0 radical (unpaired) electrons. The second-order valence-corrected chi connectivity index (χ2v) is 8.96. The molecule has 4 aromatic rings. The Balaban J connectivity index is 1.17. The van der Waals surface area contributed by atoms with Crippen molar-refractivity contribution in [2.45, 2.75) is 24.9 Å². The highest BCUT2D eigenvalue weighted by molar-refractivity contribution is 6.03. The van der Waals surface area contributed by atoms with Crippen LogP contribution in [-0.4, -0.2) is 49.6 Å². The lowest BCUT2D eigenvalue weighted by atomic mass is 9.89. The predicted octanol–water partition coefficient (Wildman–Crippen LogP) is 4.95. The van der Waals surface area contributed by atoms with Crippen LogP contribution in [0.4, 0.5) is 18.9 Å². The third-order valence-electron chi connectivity index (χ3n) is 6.52. The molecule has 38 heavy (non-hydrogen) atoms. The molecule has 5 rings (SSSR count). The number of carbonyl (C=O) groups excluding carboxylic acids is 2. The van der Waals surface area contributed by atoms with E-state index in [0.717, 1.165) is 42.4 Å². The van der Waals surface area contributed by atoms with Crippen LogP contribution in [0.2, 0.25) is 0 Å². The van der Waals surface area contributed by atoms with Gasteiger partial charge >= 0.3 is 6.18 Å². The average Bonchev–Trinajstić information content (AvgIpc) is 3.48. The van der Waals surface area contributed by atoms with Gasteiger partial charge in [0.05, 0.1) is 11.3 Å². The van der Waals surface area contributed by atoms with Crippen molar-refractivity contribution in [1.29, 1.82) is 0 Å². The molecule has 3 heterocycles. The second kappa shape index (κ2) is 10.4. The Morgan fingerprint density at radius 2 is 1.74 bits per heavy atom. The minimum atomic E-state index is -4.55. The summed E-state index contributed by atoms with van der Waals surface area (Å²) >= 11 is 0. The Labute approximate surface area is 216 Å². The van der Waals surface area contributed by atoms with Gasteiger partial charge in [0.25, 0.3) is 11.8 Å². The minimum absolute atomic E-state index is 0.0355. The molecule has 1 aliphatic rings. The number of amides is 2. The van der Waals surface area contributed by atoms with Crippen LogP contribution < -0.4 is 5.32 Å². The number of piperidine rings is 1. The first-order valence-electron chi connectivity index (χ1n) is 12.0. The van der Waals surface area contributed by atoms with E-state index in [2.05, 4.69) is 20.4 Å². The van der Waals surface area contributed by atoms with Gasteiger partial charge in [0.1, 0.15) is 18.3 Å². The van der Waals surface area contributed by atoms with Crippen LogP contribution in [0, 0.1) is 0 Å². The molecule has 1 aliphatic heterocycles. The highest BCUT2D eigenvalue weighted by atomic mass is 19.4. The van der Waals surface area contributed by atoms with E-state index in [1.165, 1.54) is 6.33 Å². The van der Waals surface area contributed by atoms with Gasteiger partial charge in [0.15, 0.2) is 0 Å². The predicted molar refractivity (Wildman–Crippen MR) is 133 cm³/mol. The van der Waals surface area contributed by atoms with Gasteiger partial charge in [-0.05, 0) is 66.8 Å². The van der Waals surface area contributed by atoms with E-state index in [1.807, 2.05) is 29.2 Å². The fourth-order valence-corrected chi connectivity index (χ4v) is 4.49. The van der Waals surface area contributed by atoms with Crippen molar-refractivity contribution < 1.29 is 22.8 Å². The lowest BCUT2D eigenvalue weighted by Gasteiger charge is -2.32. The number of benzene rings is 2. The quantitative estimate of drug-likeness (QED) is 0.402. The Kier molecular flexibility index (Phi) is 6.91. The van der Waals surface area contributed by atoms with Gasteiger partial charge in [-0.1, -0.05) is 18.2 Å². The number of hydrogen-bond acceptors (Lipinski definition) is 5. The van der Waals surface area contributed by atoms with E-state index in [0.29, 0.717) is 24.3 Å². The van der Waals surface area contributed by atoms with Crippen molar-refractivity contribution in [2.75, 3.05) is 18.4 Å². The van der Waals surface area contributed by atoms with Gasteiger partial charge < -0.3 is 10.2 Å². The molecule has 0 atom stereocenters. The molecule has 0 aliphatic carbocycles. The standard InChI is InChI=1S/C27H23F3N6O2/c28-27(29,30)21-8-11-32-24(15-21)25(37)34-22-6-4-18(5-7-22)19-9-12-35(13-10-19)26(38)20-2-1-3-23(14-20)36-17-31-16-33-36/h1-8,11,14-17,19H,9-10,12-13H2,(H,34,37). The molecule has 194 valence electrons. The van der Waals surface area contributed by atoms with Gasteiger partial charge in [-0.15, -0.1) is 0 Å². The van der Waals surface area contributed by atoms with Gasteiger partial charge in [-0.2, -0.15) is 18.3 Å². The summed E-state index contributed by atoms with van der Waals surface area (Å²) in [6.45, 7) is 1.22. The number of rotatable bonds is 5. The monoisotopic (exact) mass is 520 g/mol. The first-order chi connectivity index (χ1) is 18.3. The summed E-state index contributed by atoms with van der Waals surface area (Å²) in [6, 6.07) is 16.0. The first kappa shape index (κ1) is 25.1. The topological polar surface area (TPSA) is 93.0 Å². The second-order valence-electron chi connectivity index (χ2n) is 8.96. The fraction of sp³-hybridized carbons (Fsp3) is 0.222. The summed E-state index contributed by atoms with van der Waals surface area (Å²) < 4.78 is 40.4. The smallest absolute Gasteiger partial charge is 0.339 e. The highest BCUT2D eigenvalue weighted by Gasteiger charge is 2.31. The van der Waals surface area contributed by atoms with E-state index in [9.17, 15) is 22.8 Å². The maximum absolute atomic E-state index is 13.1. The average molecular weight is 521 g/mol. The Morgan fingerprint density at radius 3 is 2.42 bits per heavy atom. The molecular weight excluding hydrogens is 497 g/mol. The van der Waals surface area contributed by atoms with Crippen molar-refractivity contribution in [3.8, 4) is 5.69 Å². The summed E-state index contributed by atoms with van der Waals surface area (Å²) in [4.78, 5) is 35.0. The molecule has 0 saturated carbocycles. The number of likely N-dealkylation sites (tertiary alicyclic amines) is 1. The molecule has 11 heteroatoms. The minimum Gasteiger partial charge on any atom is -0.339 e. The van der Waals surface area contributed by atoms with Gasteiger partial charge in [0.2, 0.25) is 0 Å². The third-order valence-corrected chi connectivity index (χ3v) is 6.52. The molecule has 2 aromatic carbocycles. The Bertz CT molecular complexity index is 1430. The zero-order valence-corrected chi connectivity index (χ0v) is 20.1. The van der Waals surface area contributed by atoms with Crippen molar-refractivity contribution >= 4 is 17.5 Å². The summed E-state index contributed by atoms with van der Waals surface area (Å²) in [7, 11) is 0. The number of anilines is 1. The molecule has 2 amide bonds. The maximum atomic E-state index is 13.1. The lowest BCUT2D eigenvalue weighted by molar-refractivity contribution is -0.137. The van der Waals surface area contributed by atoms with E-state index in [-0.39, 0.29) is 17.5 Å². The van der Waals surface area contributed by atoms with E-state index < -0.39 is 17.6 Å². The van der Waals surface area contributed by atoms with E-state index >= 15 is 0 Å². The summed E-state index contributed by atoms with van der Waals surface area (Å²) in [5.41, 5.74) is 1.64. The van der Waals surface area contributed by atoms with Gasteiger partial charge in [0, 0.05) is 30.5 Å². The van der Waals surface area contributed by atoms with Crippen LogP contribution in [0.5, 0.6) is 0 Å². The fourth-order valence-electron chi connectivity index (χ4n) is 4.49. The van der Waals surface area contributed by atoms with Crippen molar-refractivity contribution in [3.05, 3.63) is 102 Å². The zero-order valence-electron chi connectivity index (χ0n) is 20.1. The van der Waals surface area contributed by atoms with Gasteiger partial charge in [-0.3, -0.25) is 14.6 Å². The number of carbonyl (C=O) groups is 2. The van der Waals surface area contributed by atoms with Gasteiger partial charge in [-0.25, -0.2) is 9.67 Å². The maximum Gasteiger partial charge on any atom is 0.416 e. The SMILES string of the molecule is O=C(Nc1ccc(C2CCN(C(=O)c3cccc(-n4cncn4)c3)CC2)cc1)c1cc(C(F)(F)F)ccn1. The first-order valence-corrected chi connectivity index (χ1v) is 12.0. The Morgan fingerprint density at radius 1 is 0.974 bits per heavy atom.